The number of H-pyrrole nitrogens is 1. The van der Waals surface area contributed by atoms with Crippen molar-refractivity contribution in [2.24, 2.45) is 0 Å². The maximum Gasteiger partial charge on any atom is 1.00 e. The molecule has 0 saturated carbocycles. The van der Waals surface area contributed by atoms with Crippen molar-refractivity contribution in [3.63, 3.8) is 0 Å². The molecule has 1 aromatic heterocycles. The smallest absolute Gasteiger partial charge is 0.665 e. The van der Waals surface area contributed by atoms with Crippen LogP contribution >= 0.6 is 0 Å². The van der Waals surface area contributed by atoms with E-state index in [-0.39, 0.29) is 25.3 Å². The van der Waals surface area contributed by atoms with Crippen LogP contribution < -0.4 is 18.9 Å². The van der Waals surface area contributed by atoms with Crippen LogP contribution in [0.15, 0.2) is 12.5 Å². The predicted octanol–water partition coefficient (Wildman–Crippen LogP) is -2.54. The first-order valence-electron chi connectivity index (χ1n) is 3.11. The van der Waals surface area contributed by atoms with E-state index in [1.165, 1.54) is 6.33 Å². The normalized spacial score (nSPS) is 11.8. The molecule has 0 spiro atoms. The molecule has 0 aliphatic rings. The van der Waals surface area contributed by atoms with Crippen molar-refractivity contribution in [3.05, 3.63) is 24.0 Å². The summed E-state index contributed by atoms with van der Waals surface area (Å²) in [5.74, 6) is -1.12. The molecule has 1 aromatic rings. The number of nitrogens with one attached hydrogen (secondary N) is 2. The monoisotopic (exact) mass is 161 g/mol. The van der Waals surface area contributed by atoms with Crippen LogP contribution in [-0.4, -0.2) is 27.1 Å². The molecule has 0 unspecified atom stereocenters. The Balaban J connectivity index is 0.00000121. The third-order valence-electron chi connectivity index (χ3n) is 1.27. The number of aromatic amines is 1. The Morgan fingerprint density at radius 3 is 2.92 bits per heavy atom. The van der Waals surface area contributed by atoms with E-state index in [0.717, 1.165) is 0 Å². The molecule has 5 nitrogen and oxygen atoms in total. The van der Waals surface area contributed by atoms with Gasteiger partial charge in [0.1, 0.15) is 0 Å². The summed E-state index contributed by atoms with van der Waals surface area (Å²) in [6.45, 7) is 0. The van der Waals surface area contributed by atoms with E-state index in [4.69, 9.17) is 10.8 Å². The van der Waals surface area contributed by atoms with E-state index in [9.17, 15) is 4.79 Å². The summed E-state index contributed by atoms with van der Waals surface area (Å²) in [7, 11) is 0. The molecular formula is C6H8LiN3O2. The molecule has 6 heteroatoms. The molecule has 1 heterocycles. The molecular weight excluding hydrogens is 153 g/mol. The Morgan fingerprint density at radius 1 is 1.83 bits per heavy atom. The maximum absolute atomic E-state index is 10.2. The Kier molecular flexibility index (Phi) is 4.67. The molecule has 1 rings (SSSR count). The number of rotatable bonds is 3. The second-order valence-electron chi connectivity index (χ2n) is 2.16. The first-order chi connectivity index (χ1) is 5.20. The molecule has 3 N–H and O–H groups in total. The molecule has 1 atom stereocenters. The summed E-state index contributed by atoms with van der Waals surface area (Å²) in [6.07, 6.45) is 3.20. The molecule has 0 aliphatic carbocycles. The average Bonchev–Trinajstić information content (AvgIpc) is 2.39. The maximum atomic E-state index is 10.2. The number of hydrogen-bond acceptors (Lipinski definition) is 2. The first-order valence-corrected chi connectivity index (χ1v) is 3.11. The number of carboxylic acids is 1. The number of aliphatic carboxylic acids is 1. The van der Waals surface area contributed by atoms with E-state index >= 15 is 0 Å². The Morgan fingerprint density at radius 2 is 2.50 bits per heavy atom. The van der Waals surface area contributed by atoms with Crippen molar-refractivity contribution in [3.8, 4) is 0 Å². The molecule has 0 amide bonds. The van der Waals surface area contributed by atoms with Gasteiger partial charge >= 0.3 is 18.9 Å². The van der Waals surface area contributed by atoms with Gasteiger partial charge in [-0.05, 0) is 12.5 Å². The van der Waals surface area contributed by atoms with Crippen molar-refractivity contribution in [1.82, 2.24) is 9.97 Å². The number of aromatic nitrogens is 2. The van der Waals surface area contributed by atoms with Gasteiger partial charge in [0.15, 0.2) is 0 Å². The molecule has 0 aliphatic heterocycles. The molecule has 60 valence electrons. The molecule has 0 saturated heterocycles. The van der Waals surface area contributed by atoms with E-state index in [0.29, 0.717) is 5.69 Å². The average molecular weight is 161 g/mol. The molecule has 0 fully saturated rings. The third kappa shape index (κ3) is 3.09. The standard InChI is InChI=1S/C6H8N3O2.Li/c7-5(6(10)11)1-4-2-8-3-9-4;/h2-3,5,7H,1H2,(H,8,9)(H,10,11);/q-1;+1/t5-;/m0./s1. The number of hydrogen-bond donors (Lipinski definition) is 2. The van der Waals surface area contributed by atoms with Crippen LogP contribution in [0, 0.1) is 0 Å². The second kappa shape index (κ2) is 4.99. The van der Waals surface area contributed by atoms with Gasteiger partial charge in [-0.2, -0.15) is 0 Å². The minimum Gasteiger partial charge on any atom is -0.665 e. The topological polar surface area (TPSA) is 89.8 Å². The summed E-state index contributed by atoms with van der Waals surface area (Å²) in [5, 5.41) is 8.36. The zero-order chi connectivity index (χ0) is 8.27. The third-order valence-corrected chi connectivity index (χ3v) is 1.27. The fourth-order valence-electron chi connectivity index (χ4n) is 0.699. The summed E-state index contributed by atoms with van der Waals surface area (Å²) < 4.78 is 0. The minimum atomic E-state index is -1.12. The first kappa shape index (κ1) is 11.2. The number of imidazole rings is 1. The van der Waals surface area contributed by atoms with Crippen molar-refractivity contribution >= 4 is 5.97 Å². The molecule has 0 radical (unpaired) electrons. The molecule has 12 heavy (non-hydrogen) atoms. The minimum absolute atomic E-state index is 0. The van der Waals surface area contributed by atoms with Gasteiger partial charge in [-0.25, -0.2) is 4.98 Å². The van der Waals surface area contributed by atoms with Crippen LogP contribution in [0.1, 0.15) is 5.69 Å². The fourth-order valence-corrected chi connectivity index (χ4v) is 0.699. The van der Waals surface area contributed by atoms with Crippen molar-refractivity contribution < 1.29 is 28.8 Å². The molecule has 0 bridgehead atoms. The van der Waals surface area contributed by atoms with E-state index in [1.807, 2.05) is 0 Å². The summed E-state index contributed by atoms with van der Waals surface area (Å²) in [6, 6.07) is -1.11. The second-order valence-corrected chi connectivity index (χ2v) is 2.16. The van der Waals surface area contributed by atoms with Crippen LogP contribution in [0.25, 0.3) is 5.73 Å². The number of carboxylic acid groups (broad SMARTS) is 1. The zero-order valence-corrected chi connectivity index (χ0v) is 6.74. The Bertz CT molecular complexity index is 237. The van der Waals surface area contributed by atoms with Gasteiger partial charge in [0.25, 0.3) is 5.97 Å². The van der Waals surface area contributed by atoms with Gasteiger partial charge < -0.3 is 15.8 Å². The van der Waals surface area contributed by atoms with Crippen LogP contribution in [0.4, 0.5) is 0 Å². The SMILES string of the molecule is [Li+].[NH-][C@@H](Cc1c[nH]cn1)C(=O)O. The summed E-state index contributed by atoms with van der Waals surface area (Å²) in [5.41, 5.74) is 7.65. The van der Waals surface area contributed by atoms with Crippen molar-refractivity contribution in [1.29, 1.82) is 0 Å². The quantitative estimate of drug-likeness (QED) is 0.478. The number of nitrogens with zero attached hydrogens (tertiary/aromatic N) is 1. The van der Waals surface area contributed by atoms with Crippen LogP contribution in [0.3, 0.4) is 0 Å². The van der Waals surface area contributed by atoms with E-state index in [2.05, 4.69) is 9.97 Å². The van der Waals surface area contributed by atoms with Crippen LogP contribution in [-0.2, 0) is 11.2 Å². The Labute approximate surface area is 81.5 Å². The largest absolute Gasteiger partial charge is 1.00 e. The predicted molar refractivity (Wildman–Crippen MR) is 38.0 cm³/mol. The zero-order valence-electron chi connectivity index (χ0n) is 6.74. The van der Waals surface area contributed by atoms with Gasteiger partial charge in [-0.15, -0.1) is 0 Å². The van der Waals surface area contributed by atoms with Crippen LogP contribution in [0.2, 0.25) is 0 Å². The van der Waals surface area contributed by atoms with Gasteiger partial charge in [-0.1, -0.05) is 0 Å². The van der Waals surface area contributed by atoms with Crippen LogP contribution in [0.5, 0.6) is 0 Å². The fraction of sp³-hybridized carbons (Fsp3) is 0.333. The van der Waals surface area contributed by atoms with Crippen molar-refractivity contribution in [2.45, 2.75) is 12.5 Å². The van der Waals surface area contributed by atoms with Crippen molar-refractivity contribution in [2.75, 3.05) is 0 Å². The Hall–Kier alpha value is -0.763. The molecule has 0 aromatic carbocycles. The van der Waals surface area contributed by atoms with E-state index < -0.39 is 12.0 Å². The van der Waals surface area contributed by atoms with Gasteiger partial charge in [0.05, 0.1) is 12.0 Å². The summed E-state index contributed by atoms with van der Waals surface area (Å²) >= 11 is 0. The number of carbonyl (C=O) groups is 1. The van der Waals surface area contributed by atoms with Gasteiger partial charge in [-0.3, -0.25) is 4.79 Å². The van der Waals surface area contributed by atoms with Gasteiger partial charge in [0, 0.05) is 6.20 Å². The van der Waals surface area contributed by atoms with E-state index in [1.54, 1.807) is 6.20 Å². The summed E-state index contributed by atoms with van der Waals surface area (Å²) in [4.78, 5) is 16.7. The van der Waals surface area contributed by atoms with Gasteiger partial charge in [0.2, 0.25) is 0 Å².